The highest BCUT2D eigenvalue weighted by Gasteiger charge is 2.22. The number of halogens is 1. The molecule has 30 heavy (non-hydrogen) atoms. The Morgan fingerprint density at radius 3 is 2.63 bits per heavy atom. The van der Waals surface area contributed by atoms with Crippen LogP contribution in [0.2, 0.25) is 5.02 Å². The minimum atomic E-state index is -0.665. The van der Waals surface area contributed by atoms with Crippen LogP contribution in [-0.4, -0.2) is 34.1 Å². The van der Waals surface area contributed by atoms with E-state index in [1.807, 2.05) is 60.7 Å². The zero-order valence-corrected chi connectivity index (χ0v) is 17.3. The molecule has 7 heteroatoms. The van der Waals surface area contributed by atoms with Crippen molar-refractivity contribution >= 4 is 28.3 Å². The van der Waals surface area contributed by atoms with Gasteiger partial charge < -0.3 is 14.2 Å². The fourth-order valence-corrected chi connectivity index (χ4v) is 3.38. The lowest BCUT2D eigenvalue weighted by Gasteiger charge is -2.21. The topological polar surface area (TPSA) is 68.5 Å². The van der Waals surface area contributed by atoms with Crippen LogP contribution in [-0.2, 0) is 11.3 Å². The van der Waals surface area contributed by atoms with Gasteiger partial charge in [-0.15, -0.1) is 0 Å². The third-order valence-corrected chi connectivity index (χ3v) is 5.04. The second kappa shape index (κ2) is 8.55. The fraction of sp³-hybridized carbons (Fsp3) is 0.174. The number of hydrogen-bond donors (Lipinski definition) is 0. The van der Waals surface area contributed by atoms with Gasteiger partial charge in [0.25, 0.3) is 5.91 Å². The molecule has 1 atom stereocenters. The Balaban J connectivity index is 1.41. The van der Waals surface area contributed by atoms with Crippen LogP contribution in [0.4, 0.5) is 0 Å². The number of aromatic nitrogens is 2. The summed E-state index contributed by atoms with van der Waals surface area (Å²) in [6.07, 6.45) is -0.665. The minimum absolute atomic E-state index is 0.168. The van der Waals surface area contributed by atoms with E-state index in [4.69, 9.17) is 20.9 Å². The van der Waals surface area contributed by atoms with E-state index < -0.39 is 6.10 Å². The van der Waals surface area contributed by atoms with Crippen LogP contribution in [0, 0.1) is 0 Å². The lowest BCUT2D eigenvalue weighted by molar-refractivity contribution is -0.137. The summed E-state index contributed by atoms with van der Waals surface area (Å²) in [4.78, 5) is 18.6. The molecule has 0 N–H and O–H groups in total. The molecule has 0 aliphatic heterocycles. The third kappa shape index (κ3) is 4.28. The van der Waals surface area contributed by atoms with Gasteiger partial charge in [0.15, 0.2) is 6.10 Å². The van der Waals surface area contributed by atoms with Gasteiger partial charge in [0.2, 0.25) is 11.7 Å². The predicted molar refractivity (Wildman–Crippen MR) is 115 cm³/mol. The van der Waals surface area contributed by atoms with Gasteiger partial charge in [-0.3, -0.25) is 4.79 Å². The van der Waals surface area contributed by atoms with E-state index >= 15 is 0 Å². The van der Waals surface area contributed by atoms with Gasteiger partial charge in [-0.05, 0) is 42.0 Å². The van der Waals surface area contributed by atoms with Gasteiger partial charge in [0.1, 0.15) is 5.75 Å². The van der Waals surface area contributed by atoms with Crippen molar-refractivity contribution in [2.24, 2.45) is 0 Å². The van der Waals surface area contributed by atoms with Crippen molar-refractivity contribution < 1.29 is 14.1 Å². The van der Waals surface area contributed by atoms with E-state index in [9.17, 15) is 4.79 Å². The average molecular weight is 422 g/mol. The standard InChI is InChI=1S/C23H20ClN3O3/c1-15(29-18-12-11-16-7-3-4-8-17(16)13-18)23(28)27(2)14-21-25-22(26-30-21)19-9-5-6-10-20(19)24/h3-13,15H,14H2,1-2H3/t15-/m1/s1. The average Bonchev–Trinajstić information content (AvgIpc) is 3.21. The van der Waals surface area contributed by atoms with E-state index in [1.54, 1.807) is 20.0 Å². The fourth-order valence-electron chi connectivity index (χ4n) is 3.16. The highest BCUT2D eigenvalue weighted by molar-refractivity contribution is 6.33. The molecule has 1 aromatic heterocycles. The number of likely N-dealkylation sites (N-methyl/N-ethyl adjacent to an activating group) is 1. The maximum atomic E-state index is 12.7. The minimum Gasteiger partial charge on any atom is -0.481 e. The molecule has 1 heterocycles. The molecule has 152 valence electrons. The smallest absolute Gasteiger partial charge is 0.263 e. The molecule has 0 unspecified atom stereocenters. The normalized spacial score (nSPS) is 12.0. The Morgan fingerprint density at radius 1 is 1.10 bits per heavy atom. The molecule has 0 saturated carbocycles. The number of rotatable bonds is 6. The number of amides is 1. The number of nitrogens with zero attached hydrogens (tertiary/aromatic N) is 3. The number of carbonyl (C=O) groups excluding carboxylic acids is 1. The van der Waals surface area contributed by atoms with Gasteiger partial charge in [-0.25, -0.2) is 0 Å². The summed E-state index contributed by atoms with van der Waals surface area (Å²) in [5.74, 6) is 1.15. The molecular weight excluding hydrogens is 402 g/mol. The Hall–Kier alpha value is -3.38. The molecule has 1 amide bonds. The highest BCUT2D eigenvalue weighted by Crippen LogP contribution is 2.25. The van der Waals surface area contributed by atoms with E-state index in [0.29, 0.717) is 28.1 Å². The van der Waals surface area contributed by atoms with Gasteiger partial charge in [-0.2, -0.15) is 4.98 Å². The summed E-state index contributed by atoms with van der Waals surface area (Å²) in [7, 11) is 1.67. The van der Waals surface area contributed by atoms with E-state index in [0.717, 1.165) is 10.8 Å². The second-order valence-corrected chi connectivity index (χ2v) is 7.36. The number of benzene rings is 3. The van der Waals surface area contributed by atoms with Gasteiger partial charge in [0, 0.05) is 12.6 Å². The summed E-state index contributed by atoms with van der Waals surface area (Å²) in [5, 5.41) is 6.67. The first-order valence-corrected chi connectivity index (χ1v) is 9.87. The van der Waals surface area contributed by atoms with Crippen LogP contribution in [0.5, 0.6) is 5.75 Å². The number of fused-ring (bicyclic) bond motifs is 1. The molecule has 4 rings (SSSR count). The molecule has 0 radical (unpaired) electrons. The molecule has 0 fully saturated rings. The zero-order chi connectivity index (χ0) is 21.1. The molecule has 0 bridgehead atoms. The SMILES string of the molecule is C[C@@H](Oc1ccc2ccccc2c1)C(=O)N(C)Cc1nc(-c2ccccc2Cl)no1. The van der Waals surface area contributed by atoms with Crippen molar-refractivity contribution in [2.45, 2.75) is 19.6 Å². The van der Waals surface area contributed by atoms with Crippen molar-refractivity contribution in [3.05, 3.63) is 77.6 Å². The van der Waals surface area contributed by atoms with Crippen molar-refractivity contribution in [1.82, 2.24) is 15.0 Å². The van der Waals surface area contributed by atoms with Crippen LogP contribution >= 0.6 is 11.6 Å². The Bertz CT molecular complexity index is 1190. The van der Waals surface area contributed by atoms with E-state index in [2.05, 4.69) is 10.1 Å². The summed E-state index contributed by atoms with van der Waals surface area (Å²) in [6.45, 7) is 1.89. The van der Waals surface area contributed by atoms with E-state index in [-0.39, 0.29) is 12.5 Å². The Morgan fingerprint density at radius 2 is 1.83 bits per heavy atom. The molecule has 4 aromatic rings. The van der Waals surface area contributed by atoms with Gasteiger partial charge in [0.05, 0.1) is 11.6 Å². The van der Waals surface area contributed by atoms with Crippen molar-refractivity contribution in [3.8, 4) is 17.1 Å². The first-order valence-electron chi connectivity index (χ1n) is 9.49. The highest BCUT2D eigenvalue weighted by atomic mass is 35.5. The van der Waals surface area contributed by atoms with Gasteiger partial charge >= 0.3 is 0 Å². The van der Waals surface area contributed by atoms with E-state index in [1.165, 1.54) is 4.90 Å². The molecule has 0 aliphatic rings. The maximum Gasteiger partial charge on any atom is 0.263 e. The van der Waals surface area contributed by atoms with Crippen molar-refractivity contribution in [2.75, 3.05) is 7.05 Å². The summed E-state index contributed by atoms with van der Waals surface area (Å²) < 4.78 is 11.1. The third-order valence-electron chi connectivity index (χ3n) is 4.71. The molecular formula is C23H20ClN3O3. The lowest BCUT2D eigenvalue weighted by atomic mass is 10.1. The first kappa shape index (κ1) is 19.9. The molecule has 6 nitrogen and oxygen atoms in total. The summed E-state index contributed by atoms with van der Waals surface area (Å²) in [6, 6.07) is 21.0. The molecule has 3 aromatic carbocycles. The van der Waals surface area contributed by atoms with Crippen LogP contribution < -0.4 is 4.74 Å². The second-order valence-electron chi connectivity index (χ2n) is 6.95. The summed E-state index contributed by atoms with van der Waals surface area (Å²) >= 11 is 6.18. The van der Waals surface area contributed by atoms with Crippen LogP contribution in [0.3, 0.4) is 0 Å². The first-order chi connectivity index (χ1) is 14.5. The largest absolute Gasteiger partial charge is 0.481 e. The lowest BCUT2D eigenvalue weighted by Crippen LogP contribution is -2.37. The van der Waals surface area contributed by atoms with Crippen LogP contribution in [0.15, 0.2) is 71.3 Å². The number of hydrogen-bond acceptors (Lipinski definition) is 5. The molecule has 0 aliphatic carbocycles. The van der Waals surface area contributed by atoms with Crippen molar-refractivity contribution in [1.29, 1.82) is 0 Å². The predicted octanol–water partition coefficient (Wildman–Crippen LogP) is 4.97. The number of carbonyl (C=O) groups is 1. The van der Waals surface area contributed by atoms with Crippen LogP contribution in [0.25, 0.3) is 22.2 Å². The summed E-state index contributed by atoms with van der Waals surface area (Å²) in [5.41, 5.74) is 0.677. The Labute approximate surface area is 179 Å². The molecule has 0 saturated heterocycles. The van der Waals surface area contributed by atoms with Crippen molar-refractivity contribution in [3.63, 3.8) is 0 Å². The Kier molecular flexibility index (Phi) is 5.68. The number of ether oxygens (including phenoxy) is 1. The van der Waals surface area contributed by atoms with Gasteiger partial charge in [-0.1, -0.05) is 59.2 Å². The quantitative estimate of drug-likeness (QED) is 0.439. The van der Waals surface area contributed by atoms with Crippen LogP contribution in [0.1, 0.15) is 12.8 Å². The molecule has 0 spiro atoms. The monoisotopic (exact) mass is 421 g/mol. The maximum absolute atomic E-state index is 12.7. The zero-order valence-electron chi connectivity index (χ0n) is 16.6.